The molecule has 0 bridgehead atoms. The fourth-order valence-corrected chi connectivity index (χ4v) is 5.47. The third kappa shape index (κ3) is 4.08. The van der Waals surface area contributed by atoms with Gasteiger partial charge in [0, 0.05) is 17.4 Å². The first-order valence-electron chi connectivity index (χ1n) is 13.2. The lowest BCUT2D eigenvalue weighted by Gasteiger charge is -2.31. The molecular formula is C32H31N5O. The molecule has 190 valence electrons. The Labute approximate surface area is 223 Å². The van der Waals surface area contributed by atoms with Crippen LogP contribution in [0.3, 0.4) is 0 Å². The number of carbonyl (C=O) groups excluding carboxylic acids is 1. The van der Waals surface area contributed by atoms with Gasteiger partial charge in [-0.25, -0.2) is 9.48 Å². The van der Waals surface area contributed by atoms with Gasteiger partial charge in [-0.1, -0.05) is 80.6 Å². The predicted octanol–water partition coefficient (Wildman–Crippen LogP) is 6.92. The Bertz CT molecular complexity index is 1570. The summed E-state index contributed by atoms with van der Waals surface area (Å²) in [6.45, 7) is 4.66. The number of nitrogens with one attached hydrogen (secondary N) is 1. The van der Waals surface area contributed by atoms with Gasteiger partial charge >= 0.3 is 6.03 Å². The molecule has 6 nitrogen and oxygen atoms in total. The van der Waals surface area contributed by atoms with Crippen LogP contribution in [0.15, 0.2) is 103 Å². The van der Waals surface area contributed by atoms with Crippen molar-refractivity contribution in [1.29, 1.82) is 0 Å². The van der Waals surface area contributed by atoms with Crippen LogP contribution in [0.2, 0.25) is 0 Å². The van der Waals surface area contributed by atoms with Crippen LogP contribution in [0.1, 0.15) is 48.0 Å². The summed E-state index contributed by atoms with van der Waals surface area (Å²) in [5.74, 6) is 0.984. The average molecular weight is 502 g/mol. The largest absolute Gasteiger partial charge is 0.322 e. The number of amides is 2. The van der Waals surface area contributed by atoms with E-state index in [1.54, 1.807) is 0 Å². The van der Waals surface area contributed by atoms with Gasteiger partial charge in [-0.05, 0) is 54.3 Å². The van der Waals surface area contributed by atoms with Crippen LogP contribution >= 0.6 is 0 Å². The smallest absolute Gasteiger partial charge is 0.308 e. The Balaban J connectivity index is 1.54. The molecule has 2 amide bonds. The van der Waals surface area contributed by atoms with Crippen LogP contribution in [0.4, 0.5) is 10.5 Å². The highest BCUT2D eigenvalue weighted by Gasteiger charge is 2.36. The Hall–Kier alpha value is -4.58. The Kier molecular flexibility index (Phi) is 6.30. The highest BCUT2D eigenvalue weighted by molar-refractivity contribution is 5.91. The van der Waals surface area contributed by atoms with Crippen LogP contribution in [0.25, 0.3) is 11.5 Å². The SMILES string of the molecule is CCc1ccccc1NC(=O)N1Cc2c(CC)nn(-c3ccccc3)c2-n2cccc2[C@H]1c1ccccc1. The lowest BCUT2D eigenvalue weighted by atomic mass is 10.0. The van der Waals surface area contributed by atoms with Gasteiger partial charge in [-0.3, -0.25) is 0 Å². The molecule has 1 N–H and O–H groups in total. The molecule has 5 aromatic rings. The second-order valence-corrected chi connectivity index (χ2v) is 9.53. The minimum absolute atomic E-state index is 0.130. The number of fused-ring (bicyclic) bond motifs is 3. The van der Waals surface area contributed by atoms with Gasteiger partial charge in [0.25, 0.3) is 0 Å². The van der Waals surface area contributed by atoms with Crippen molar-refractivity contribution in [3.8, 4) is 11.5 Å². The number of urea groups is 1. The van der Waals surface area contributed by atoms with Gasteiger partial charge in [0.15, 0.2) is 0 Å². The monoisotopic (exact) mass is 501 g/mol. The van der Waals surface area contributed by atoms with Gasteiger partial charge in [0.2, 0.25) is 0 Å². The highest BCUT2D eigenvalue weighted by atomic mass is 16.2. The number of aryl methyl sites for hydroxylation is 2. The Morgan fingerprint density at radius 1 is 0.868 bits per heavy atom. The minimum atomic E-state index is -0.277. The molecular weight excluding hydrogens is 470 g/mol. The molecule has 3 aromatic carbocycles. The van der Waals surface area contributed by atoms with Crippen molar-refractivity contribution in [3.05, 3.63) is 131 Å². The lowest BCUT2D eigenvalue weighted by molar-refractivity contribution is 0.194. The molecule has 6 rings (SSSR count). The summed E-state index contributed by atoms with van der Waals surface area (Å²) in [6, 6.07) is 32.3. The normalized spacial score (nSPS) is 14.5. The van der Waals surface area contributed by atoms with Crippen LogP contribution in [-0.2, 0) is 19.4 Å². The molecule has 6 heteroatoms. The third-order valence-corrected chi connectivity index (χ3v) is 7.32. The number of carbonyl (C=O) groups is 1. The van der Waals surface area contributed by atoms with Crippen molar-refractivity contribution in [2.24, 2.45) is 0 Å². The number of hydrogen-bond donors (Lipinski definition) is 1. The number of benzene rings is 3. The van der Waals surface area contributed by atoms with E-state index in [1.807, 2.05) is 64.2 Å². The van der Waals surface area contributed by atoms with Crippen molar-refractivity contribution in [3.63, 3.8) is 0 Å². The lowest BCUT2D eigenvalue weighted by Crippen LogP contribution is -2.38. The summed E-state index contributed by atoms with van der Waals surface area (Å²) in [7, 11) is 0. The van der Waals surface area contributed by atoms with Gasteiger partial charge in [0.1, 0.15) is 5.82 Å². The average Bonchev–Trinajstić information content (AvgIpc) is 3.55. The summed E-state index contributed by atoms with van der Waals surface area (Å²) in [5.41, 5.74) is 7.09. The zero-order valence-corrected chi connectivity index (χ0v) is 21.7. The highest BCUT2D eigenvalue weighted by Crippen LogP contribution is 2.39. The van der Waals surface area contributed by atoms with E-state index in [0.717, 1.165) is 58.1 Å². The minimum Gasteiger partial charge on any atom is -0.308 e. The molecule has 0 spiro atoms. The fourth-order valence-electron chi connectivity index (χ4n) is 5.47. The second-order valence-electron chi connectivity index (χ2n) is 9.53. The van der Waals surface area contributed by atoms with Crippen molar-refractivity contribution >= 4 is 11.7 Å². The number of anilines is 1. The van der Waals surface area contributed by atoms with Crippen molar-refractivity contribution in [1.82, 2.24) is 19.2 Å². The maximum Gasteiger partial charge on any atom is 0.322 e. The molecule has 2 aromatic heterocycles. The molecule has 1 aliphatic rings. The van der Waals surface area contributed by atoms with E-state index in [9.17, 15) is 4.79 Å². The van der Waals surface area contributed by atoms with E-state index in [2.05, 4.69) is 72.4 Å². The third-order valence-electron chi connectivity index (χ3n) is 7.32. The number of para-hydroxylation sites is 2. The quantitative estimate of drug-likeness (QED) is 0.284. The first kappa shape index (κ1) is 23.8. The Morgan fingerprint density at radius 3 is 2.32 bits per heavy atom. The fraction of sp³-hybridized carbons (Fsp3) is 0.188. The summed E-state index contributed by atoms with van der Waals surface area (Å²) in [4.78, 5) is 16.1. The summed E-state index contributed by atoms with van der Waals surface area (Å²) in [5, 5.41) is 8.28. The molecule has 0 aliphatic carbocycles. The van der Waals surface area contributed by atoms with E-state index < -0.39 is 0 Å². The Morgan fingerprint density at radius 2 is 1.58 bits per heavy atom. The topological polar surface area (TPSA) is 55.1 Å². The number of aromatic nitrogens is 3. The molecule has 0 radical (unpaired) electrons. The van der Waals surface area contributed by atoms with Crippen molar-refractivity contribution in [2.45, 2.75) is 39.3 Å². The summed E-state index contributed by atoms with van der Waals surface area (Å²) in [6.07, 6.45) is 3.69. The van der Waals surface area contributed by atoms with Crippen LogP contribution in [0.5, 0.6) is 0 Å². The van der Waals surface area contributed by atoms with Crippen LogP contribution in [0, 0.1) is 0 Å². The maximum absolute atomic E-state index is 14.2. The zero-order valence-electron chi connectivity index (χ0n) is 21.7. The van der Waals surface area contributed by atoms with Gasteiger partial charge in [-0.2, -0.15) is 5.10 Å². The van der Waals surface area contributed by atoms with E-state index in [-0.39, 0.29) is 12.1 Å². The molecule has 3 heterocycles. The second kappa shape index (κ2) is 10.1. The number of nitrogens with zero attached hydrogens (tertiary/aromatic N) is 4. The molecule has 1 atom stereocenters. The molecule has 0 fully saturated rings. The van der Waals surface area contributed by atoms with E-state index in [0.29, 0.717) is 6.54 Å². The van der Waals surface area contributed by atoms with E-state index >= 15 is 0 Å². The summed E-state index contributed by atoms with van der Waals surface area (Å²) < 4.78 is 4.23. The standard InChI is InChI=1S/C32H31N5O/c1-3-23-14-11-12-19-28(23)33-32(38)36-22-26-27(4-2)34-37(25-17-9-6-10-18-25)31(26)35-21-13-20-29(35)30(36)24-15-7-5-8-16-24/h5-21,30H,3-4,22H2,1-2H3,(H,33,38)/t30-/m1/s1. The van der Waals surface area contributed by atoms with Crippen molar-refractivity contribution < 1.29 is 4.79 Å². The van der Waals surface area contributed by atoms with E-state index in [4.69, 9.17) is 5.10 Å². The van der Waals surface area contributed by atoms with Gasteiger partial charge in [-0.15, -0.1) is 0 Å². The zero-order chi connectivity index (χ0) is 26.1. The first-order chi connectivity index (χ1) is 18.7. The van der Waals surface area contributed by atoms with Gasteiger partial charge in [0.05, 0.1) is 29.7 Å². The predicted molar refractivity (Wildman–Crippen MR) is 151 cm³/mol. The molecule has 0 unspecified atom stereocenters. The molecule has 0 saturated heterocycles. The van der Waals surface area contributed by atoms with E-state index in [1.165, 1.54) is 0 Å². The van der Waals surface area contributed by atoms with Crippen LogP contribution < -0.4 is 5.32 Å². The maximum atomic E-state index is 14.2. The van der Waals surface area contributed by atoms with Gasteiger partial charge < -0.3 is 14.8 Å². The number of rotatable bonds is 5. The number of hydrogen-bond acceptors (Lipinski definition) is 2. The summed E-state index contributed by atoms with van der Waals surface area (Å²) >= 11 is 0. The first-order valence-corrected chi connectivity index (χ1v) is 13.2. The van der Waals surface area contributed by atoms with Crippen molar-refractivity contribution in [2.75, 3.05) is 5.32 Å². The molecule has 1 aliphatic heterocycles. The van der Waals surface area contributed by atoms with Crippen LogP contribution in [-0.4, -0.2) is 25.3 Å². The molecule has 38 heavy (non-hydrogen) atoms. The molecule has 0 saturated carbocycles.